The summed E-state index contributed by atoms with van der Waals surface area (Å²) < 4.78 is 14.2. The number of nitrogens with zero attached hydrogens (tertiary/aromatic N) is 3. The van der Waals surface area contributed by atoms with Crippen LogP contribution in [0.5, 0.6) is 0 Å². The molecule has 3 heterocycles. The van der Waals surface area contributed by atoms with Crippen LogP contribution in [0, 0.1) is 5.82 Å². The maximum absolute atomic E-state index is 14.2. The number of nitrogens with one attached hydrogen (secondary N) is 2. The Morgan fingerprint density at radius 2 is 2.08 bits per heavy atom. The van der Waals surface area contributed by atoms with Gasteiger partial charge in [-0.15, -0.1) is 0 Å². The first-order chi connectivity index (χ1) is 12.2. The van der Waals surface area contributed by atoms with E-state index in [0.717, 1.165) is 16.8 Å². The van der Waals surface area contributed by atoms with Gasteiger partial charge in [0.2, 0.25) is 0 Å². The highest BCUT2D eigenvalue weighted by Gasteiger charge is 2.12. The lowest BCUT2D eigenvalue weighted by Gasteiger charge is -2.09. The molecule has 0 aliphatic carbocycles. The second kappa shape index (κ2) is 6.49. The SMILES string of the molecule is Fc1ccc(-c2c[nH]c3ncc(Cl)nc23)cc1NCc1ccccn1. The summed E-state index contributed by atoms with van der Waals surface area (Å²) in [5, 5.41) is 3.39. The molecule has 3 aromatic heterocycles. The van der Waals surface area contributed by atoms with Crippen LogP contribution in [0.3, 0.4) is 0 Å². The van der Waals surface area contributed by atoms with E-state index in [0.29, 0.717) is 28.5 Å². The van der Waals surface area contributed by atoms with Crippen molar-refractivity contribution in [3.05, 3.63) is 71.7 Å². The molecule has 0 aliphatic rings. The summed E-state index contributed by atoms with van der Waals surface area (Å²) in [6, 6.07) is 10.5. The number of hydrogen-bond donors (Lipinski definition) is 2. The molecule has 0 spiro atoms. The normalized spacial score (nSPS) is 11.0. The Morgan fingerprint density at radius 1 is 1.16 bits per heavy atom. The molecule has 0 unspecified atom stereocenters. The van der Waals surface area contributed by atoms with Crippen LogP contribution in [-0.4, -0.2) is 19.9 Å². The number of aromatic nitrogens is 4. The molecule has 5 nitrogen and oxygen atoms in total. The van der Waals surface area contributed by atoms with E-state index in [1.165, 1.54) is 12.3 Å². The predicted molar refractivity (Wildman–Crippen MR) is 95.9 cm³/mol. The van der Waals surface area contributed by atoms with E-state index in [4.69, 9.17) is 11.6 Å². The first kappa shape index (κ1) is 15.5. The Hall–Kier alpha value is -2.99. The highest BCUT2D eigenvalue weighted by Crippen LogP contribution is 2.30. The van der Waals surface area contributed by atoms with E-state index in [-0.39, 0.29) is 5.82 Å². The lowest BCUT2D eigenvalue weighted by Crippen LogP contribution is -2.03. The third-order valence-electron chi connectivity index (χ3n) is 3.81. The number of rotatable bonds is 4. The minimum absolute atomic E-state index is 0.309. The fraction of sp³-hybridized carbons (Fsp3) is 0.0556. The molecule has 1 aromatic carbocycles. The average Bonchev–Trinajstić information content (AvgIpc) is 3.05. The van der Waals surface area contributed by atoms with Gasteiger partial charge in [-0.1, -0.05) is 23.7 Å². The molecule has 0 aliphatic heterocycles. The fourth-order valence-corrected chi connectivity index (χ4v) is 2.74. The average molecular weight is 354 g/mol. The Kier molecular flexibility index (Phi) is 4.03. The van der Waals surface area contributed by atoms with Crippen LogP contribution in [0.25, 0.3) is 22.3 Å². The molecular formula is C18H13ClFN5. The number of aromatic amines is 1. The molecule has 4 aromatic rings. The van der Waals surface area contributed by atoms with E-state index in [1.54, 1.807) is 24.5 Å². The lowest BCUT2D eigenvalue weighted by molar-refractivity contribution is 0.630. The highest BCUT2D eigenvalue weighted by atomic mass is 35.5. The molecular weight excluding hydrogens is 341 g/mol. The summed E-state index contributed by atoms with van der Waals surface area (Å²) >= 11 is 5.94. The predicted octanol–water partition coefficient (Wildman–Crippen LogP) is 4.42. The molecule has 2 N–H and O–H groups in total. The molecule has 0 saturated carbocycles. The largest absolute Gasteiger partial charge is 0.377 e. The molecule has 0 amide bonds. The van der Waals surface area contributed by atoms with Gasteiger partial charge in [0.1, 0.15) is 16.5 Å². The van der Waals surface area contributed by atoms with Gasteiger partial charge in [0.25, 0.3) is 0 Å². The van der Waals surface area contributed by atoms with Gasteiger partial charge in [-0.3, -0.25) is 4.98 Å². The van der Waals surface area contributed by atoms with Gasteiger partial charge in [-0.2, -0.15) is 0 Å². The zero-order valence-electron chi connectivity index (χ0n) is 13.0. The first-order valence-electron chi connectivity index (χ1n) is 7.64. The van der Waals surface area contributed by atoms with E-state index in [2.05, 4.69) is 25.3 Å². The fourth-order valence-electron chi connectivity index (χ4n) is 2.61. The molecule has 0 fully saturated rings. The van der Waals surface area contributed by atoms with E-state index in [9.17, 15) is 4.39 Å². The Bertz CT molecular complexity index is 1030. The Labute approximate surface area is 147 Å². The molecule has 0 radical (unpaired) electrons. The minimum atomic E-state index is -0.330. The second-order valence-electron chi connectivity index (χ2n) is 5.46. The maximum Gasteiger partial charge on any atom is 0.156 e. The number of anilines is 1. The van der Waals surface area contributed by atoms with Crippen LogP contribution >= 0.6 is 11.6 Å². The van der Waals surface area contributed by atoms with Crippen molar-refractivity contribution in [2.24, 2.45) is 0 Å². The number of halogens is 2. The highest BCUT2D eigenvalue weighted by molar-refractivity contribution is 6.29. The van der Waals surface area contributed by atoms with Crippen LogP contribution in [0.4, 0.5) is 10.1 Å². The number of H-pyrrole nitrogens is 1. The lowest BCUT2D eigenvalue weighted by atomic mass is 10.1. The standard InChI is InChI=1S/C18H13ClFN5/c19-16-10-24-18-17(25-16)13(9-23-18)11-4-5-14(20)15(7-11)22-8-12-3-1-2-6-21-12/h1-7,9-10,22H,8H2,(H,23,24). The van der Waals surface area contributed by atoms with Crippen LogP contribution < -0.4 is 5.32 Å². The van der Waals surface area contributed by atoms with Crippen molar-refractivity contribution in [3.63, 3.8) is 0 Å². The Balaban J connectivity index is 1.68. The van der Waals surface area contributed by atoms with Gasteiger partial charge in [-0.05, 0) is 29.8 Å². The van der Waals surface area contributed by atoms with Gasteiger partial charge in [0.15, 0.2) is 5.65 Å². The second-order valence-corrected chi connectivity index (χ2v) is 5.85. The zero-order chi connectivity index (χ0) is 17.2. The zero-order valence-corrected chi connectivity index (χ0v) is 13.8. The van der Waals surface area contributed by atoms with Crippen LogP contribution in [0.15, 0.2) is 55.0 Å². The van der Waals surface area contributed by atoms with Crippen molar-refractivity contribution in [1.82, 2.24) is 19.9 Å². The van der Waals surface area contributed by atoms with E-state index < -0.39 is 0 Å². The number of pyridine rings is 1. The van der Waals surface area contributed by atoms with Crippen LogP contribution in [0.1, 0.15) is 5.69 Å². The van der Waals surface area contributed by atoms with Gasteiger partial charge in [-0.25, -0.2) is 14.4 Å². The monoisotopic (exact) mass is 353 g/mol. The summed E-state index contributed by atoms with van der Waals surface area (Å²) in [7, 11) is 0. The molecule has 0 saturated heterocycles. The van der Waals surface area contributed by atoms with Crippen molar-refractivity contribution < 1.29 is 4.39 Å². The quantitative estimate of drug-likeness (QED) is 0.569. The molecule has 0 bridgehead atoms. The van der Waals surface area contributed by atoms with Crippen molar-refractivity contribution in [2.45, 2.75) is 6.54 Å². The third kappa shape index (κ3) is 3.16. The number of hydrogen-bond acceptors (Lipinski definition) is 4. The molecule has 25 heavy (non-hydrogen) atoms. The summed E-state index contributed by atoms with van der Waals surface area (Å²) in [5.74, 6) is -0.330. The van der Waals surface area contributed by atoms with E-state index in [1.807, 2.05) is 18.2 Å². The summed E-state index contributed by atoms with van der Waals surface area (Å²) in [4.78, 5) is 15.8. The molecule has 7 heteroatoms. The van der Waals surface area contributed by atoms with Crippen molar-refractivity contribution in [3.8, 4) is 11.1 Å². The Morgan fingerprint density at radius 3 is 2.92 bits per heavy atom. The summed E-state index contributed by atoms with van der Waals surface area (Å²) in [5.41, 5.74) is 4.13. The number of benzene rings is 1. The first-order valence-corrected chi connectivity index (χ1v) is 8.02. The maximum atomic E-state index is 14.2. The summed E-state index contributed by atoms with van der Waals surface area (Å²) in [6.07, 6.45) is 4.98. The minimum Gasteiger partial charge on any atom is -0.377 e. The van der Waals surface area contributed by atoms with Gasteiger partial charge in [0.05, 0.1) is 24.1 Å². The van der Waals surface area contributed by atoms with Crippen molar-refractivity contribution in [1.29, 1.82) is 0 Å². The third-order valence-corrected chi connectivity index (χ3v) is 4.00. The topological polar surface area (TPSA) is 66.5 Å². The van der Waals surface area contributed by atoms with Crippen molar-refractivity contribution in [2.75, 3.05) is 5.32 Å². The molecule has 4 rings (SSSR count). The van der Waals surface area contributed by atoms with Crippen molar-refractivity contribution >= 4 is 28.5 Å². The van der Waals surface area contributed by atoms with Gasteiger partial charge < -0.3 is 10.3 Å². The molecule has 0 atom stereocenters. The smallest absolute Gasteiger partial charge is 0.156 e. The van der Waals surface area contributed by atoms with Gasteiger partial charge in [0, 0.05) is 18.0 Å². The van der Waals surface area contributed by atoms with E-state index >= 15 is 0 Å². The summed E-state index contributed by atoms with van der Waals surface area (Å²) in [6.45, 7) is 0.431. The van der Waals surface area contributed by atoms with Crippen LogP contribution in [-0.2, 0) is 6.54 Å². The van der Waals surface area contributed by atoms with Crippen LogP contribution in [0.2, 0.25) is 5.15 Å². The number of fused-ring (bicyclic) bond motifs is 1. The van der Waals surface area contributed by atoms with Gasteiger partial charge >= 0.3 is 0 Å². The molecule has 124 valence electrons.